The summed E-state index contributed by atoms with van der Waals surface area (Å²) in [6.45, 7) is 1.48. The third-order valence-corrected chi connectivity index (χ3v) is 5.43. The fourth-order valence-corrected chi connectivity index (χ4v) is 3.83. The molecule has 2 aromatic carbocycles. The Balaban J connectivity index is 1.61. The molecular formula is C22H26BN3O7. The number of amides is 1. The predicted molar refractivity (Wildman–Crippen MR) is 121 cm³/mol. The van der Waals surface area contributed by atoms with E-state index in [1.807, 2.05) is 29.2 Å². The van der Waals surface area contributed by atoms with E-state index in [4.69, 9.17) is 14.9 Å². The minimum absolute atomic E-state index is 0.00186. The summed E-state index contributed by atoms with van der Waals surface area (Å²) in [6, 6.07) is 12.1. The molecule has 0 radical (unpaired) electrons. The van der Waals surface area contributed by atoms with Crippen LogP contribution < -0.4 is 9.97 Å². The molecule has 1 amide bonds. The highest BCUT2D eigenvalue weighted by molar-refractivity contribution is 6.53. The van der Waals surface area contributed by atoms with Crippen LogP contribution in [0, 0.1) is 4.91 Å². The van der Waals surface area contributed by atoms with Gasteiger partial charge in [0.1, 0.15) is 5.75 Å². The lowest BCUT2D eigenvalue weighted by molar-refractivity contribution is -0.120. The number of aliphatic hydroxyl groups is 2. The van der Waals surface area contributed by atoms with Crippen LogP contribution in [0.25, 0.3) is 0 Å². The molecule has 0 spiro atoms. The van der Waals surface area contributed by atoms with Crippen molar-refractivity contribution in [3.8, 4) is 5.75 Å². The molecule has 0 fully saturated rings. The van der Waals surface area contributed by atoms with E-state index in [1.54, 1.807) is 12.1 Å². The van der Waals surface area contributed by atoms with Crippen LogP contribution in [0.3, 0.4) is 0 Å². The maximum Gasteiger partial charge on any atom is 0.570 e. The van der Waals surface area contributed by atoms with Crippen LogP contribution in [-0.4, -0.2) is 71.4 Å². The van der Waals surface area contributed by atoms with Crippen LogP contribution in [0.5, 0.6) is 5.75 Å². The Morgan fingerprint density at radius 2 is 1.76 bits per heavy atom. The van der Waals surface area contributed by atoms with Gasteiger partial charge >= 0.3 is 13.0 Å². The first-order valence-corrected chi connectivity index (χ1v) is 10.6. The molecule has 1 aliphatic rings. The lowest BCUT2D eigenvalue weighted by atomic mass is 9.68. The van der Waals surface area contributed by atoms with Gasteiger partial charge in [-0.1, -0.05) is 41.5 Å². The number of benzene rings is 2. The minimum atomic E-state index is -1.23. The van der Waals surface area contributed by atoms with Gasteiger partial charge in [0.15, 0.2) is 0 Å². The first kappa shape index (κ1) is 24.4. The number of carboxylic acids is 1. The zero-order valence-electron chi connectivity index (χ0n) is 18.0. The molecule has 0 saturated heterocycles. The molecule has 0 bridgehead atoms. The summed E-state index contributed by atoms with van der Waals surface area (Å²) in [5.74, 6) is -2.09. The smallest absolute Gasteiger partial charge is 0.536 e. The van der Waals surface area contributed by atoms with Gasteiger partial charge in [0.2, 0.25) is 5.91 Å². The van der Waals surface area contributed by atoms with Crippen LogP contribution in [0.15, 0.2) is 47.6 Å². The summed E-state index contributed by atoms with van der Waals surface area (Å²) >= 11 is 0. The molecule has 33 heavy (non-hydrogen) atoms. The van der Waals surface area contributed by atoms with Crippen LogP contribution in [0.1, 0.15) is 27.0 Å². The molecule has 1 unspecified atom stereocenters. The summed E-state index contributed by atoms with van der Waals surface area (Å²) in [6.07, 6.45) is 0.310. The predicted octanol–water partition coefficient (Wildman–Crippen LogP) is 0.628. The molecule has 0 saturated carbocycles. The number of para-hydroxylation sites is 1. The van der Waals surface area contributed by atoms with Crippen LogP contribution >= 0.6 is 0 Å². The number of nitroso groups, excluding NO2 is 1. The molecular weight excluding hydrogens is 429 g/mol. The van der Waals surface area contributed by atoms with E-state index < -0.39 is 19.0 Å². The van der Waals surface area contributed by atoms with Crippen molar-refractivity contribution in [1.29, 1.82) is 0 Å². The van der Waals surface area contributed by atoms with Gasteiger partial charge in [-0.15, -0.1) is 0 Å². The zero-order chi connectivity index (χ0) is 23.8. The Kier molecular flexibility index (Phi) is 8.53. The number of carbonyl (C=O) groups is 2. The Morgan fingerprint density at radius 3 is 2.36 bits per heavy atom. The molecule has 1 atom stereocenters. The number of nitrogens with one attached hydrogen (secondary N) is 1. The molecule has 1 heterocycles. The van der Waals surface area contributed by atoms with E-state index in [2.05, 4.69) is 10.4 Å². The molecule has 10 nitrogen and oxygen atoms in total. The summed E-state index contributed by atoms with van der Waals surface area (Å²) in [5.41, 5.74) is 2.29. The Bertz CT molecular complexity index is 980. The van der Waals surface area contributed by atoms with Crippen molar-refractivity contribution in [2.24, 2.45) is 5.09 Å². The van der Waals surface area contributed by atoms with Gasteiger partial charge in [0, 0.05) is 19.6 Å². The number of rotatable bonds is 11. The van der Waals surface area contributed by atoms with Crippen molar-refractivity contribution in [2.45, 2.75) is 25.3 Å². The topological polar surface area (TPSA) is 149 Å². The van der Waals surface area contributed by atoms with Crippen molar-refractivity contribution >= 4 is 18.9 Å². The van der Waals surface area contributed by atoms with Crippen LogP contribution in [0.2, 0.25) is 0 Å². The van der Waals surface area contributed by atoms with E-state index in [1.165, 1.54) is 6.07 Å². The van der Waals surface area contributed by atoms with Gasteiger partial charge < -0.3 is 25.3 Å². The molecule has 2 aromatic rings. The maximum absolute atomic E-state index is 12.6. The highest BCUT2D eigenvalue weighted by atomic mass is 16.5. The number of fused-ring (bicyclic) bond motifs is 1. The fraction of sp³-hybridized carbons (Fsp3) is 0.364. The molecule has 3 rings (SSSR count). The lowest BCUT2D eigenvalue weighted by Gasteiger charge is -2.28. The quantitative estimate of drug-likeness (QED) is 0.285. The van der Waals surface area contributed by atoms with Gasteiger partial charge in [-0.05, 0) is 29.2 Å². The van der Waals surface area contributed by atoms with Crippen molar-refractivity contribution in [3.05, 3.63) is 69.6 Å². The number of hydrogen-bond donors (Lipinski definition) is 4. The van der Waals surface area contributed by atoms with E-state index >= 15 is 0 Å². The first-order chi connectivity index (χ1) is 15.9. The highest BCUT2D eigenvalue weighted by Gasteiger charge is 2.40. The van der Waals surface area contributed by atoms with Crippen molar-refractivity contribution in [3.63, 3.8) is 0 Å². The Morgan fingerprint density at radius 1 is 1.09 bits per heavy atom. The second-order valence-corrected chi connectivity index (χ2v) is 7.81. The number of aliphatic hydroxyl groups excluding tert-OH is 2. The molecule has 0 aromatic heterocycles. The summed E-state index contributed by atoms with van der Waals surface area (Å²) in [5, 5.41) is 33.3. The summed E-state index contributed by atoms with van der Waals surface area (Å²) in [4.78, 5) is 37.2. The zero-order valence-corrected chi connectivity index (χ0v) is 18.0. The SMILES string of the molecule is O=NB1Oc2c(cccc2C(=O)O)CC1NC(=O)Cc1ccc(CN(CCO)CCO)cc1. The second-order valence-electron chi connectivity index (χ2n) is 7.81. The Labute approximate surface area is 191 Å². The average Bonchev–Trinajstić information content (AvgIpc) is 2.79. The van der Waals surface area contributed by atoms with Crippen LogP contribution in [0.4, 0.5) is 0 Å². The summed E-state index contributed by atoms with van der Waals surface area (Å²) < 4.78 is 5.51. The fourth-order valence-electron chi connectivity index (χ4n) is 3.83. The summed E-state index contributed by atoms with van der Waals surface area (Å²) in [7, 11) is -1.23. The lowest BCUT2D eigenvalue weighted by Crippen LogP contribution is -2.52. The third kappa shape index (κ3) is 6.38. The van der Waals surface area contributed by atoms with Crippen molar-refractivity contribution in [1.82, 2.24) is 10.2 Å². The van der Waals surface area contributed by atoms with Gasteiger partial charge in [0.25, 0.3) is 0 Å². The van der Waals surface area contributed by atoms with E-state index in [-0.39, 0.29) is 43.3 Å². The van der Waals surface area contributed by atoms with E-state index in [9.17, 15) is 19.6 Å². The van der Waals surface area contributed by atoms with Crippen molar-refractivity contribution < 1.29 is 29.6 Å². The minimum Gasteiger partial charge on any atom is -0.536 e. The van der Waals surface area contributed by atoms with E-state index in [0.29, 0.717) is 25.2 Å². The molecule has 4 N–H and O–H groups in total. The second kappa shape index (κ2) is 11.5. The highest BCUT2D eigenvalue weighted by Crippen LogP contribution is 2.31. The number of hydrogen-bond acceptors (Lipinski definition) is 8. The first-order valence-electron chi connectivity index (χ1n) is 10.6. The molecule has 0 aliphatic carbocycles. The van der Waals surface area contributed by atoms with Gasteiger partial charge in [-0.2, -0.15) is 4.91 Å². The molecule has 11 heteroatoms. The third-order valence-electron chi connectivity index (χ3n) is 5.43. The maximum atomic E-state index is 12.6. The van der Waals surface area contributed by atoms with E-state index in [0.717, 1.165) is 11.1 Å². The van der Waals surface area contributed by atoms with Crippen molar-refractivity contribution in [2.75, 3.05) is 26.3 Å². The molecule has 1 aliphatic heterocycles. The van der Waals surface area contributed by atoms with Gasteiger partial charge in [-0.3, -0.25) is 9.69 Å². The number of carbonyl (C=O) groups excluding carboxylic acids is 1. The van der Waals surface area contributed by atoms with Gasteiger partial charge in [0.05, 0.1) is 31.1 Å². The Hall–Kier alpha value is -3.28. The molecule has 174 valence electrons. The normalized spacial score (nSPS) is 15.0. The average molecular weight is 455 g/mol. The van der Waals surface area contributed by atoms with Gasteiger partial charge in [-0.25, -0.2) is 4.79 Å². The van der Waals surface area contributed by atoms with Crippen LogP contribution in [-0.2, 0) is 24.2 Å². The number of aromatic carboxylic acids is 1. The number of carboxylic acid groups (broad SMARTS) is 1. The largest absolute Gasteiger partial charge is 0.570 e. The standard InChI is InChI=1S/C22H26BN3O7/c27-10-8-26(9-11-28)14-16-6-4-15(5-7-16)12-20(29)24-19-13-17-2-1-3-18(22(30)31)21(17)33-23(19)25-32/h1-7,19,27-28H,8-14H2,(H,24,29)(H,30,31). The number of nitrogens with zero attached hydrogens (tertiary/aromatic N) is 2. The monoisotopic (exact) mass is 455 g/mol.